The highest BCUT2D eigenvalue weighted by molar-refractivity contribution is 7.98. The predicted octanol–water partition coefficient (Wildman–Crippen LogP) is 4.17. The van der Waals surface area contributed by atoms with Crippen LogP contribution in [0.4, 0.5) is 4.39 Å². The van der Waals surface area contributed by atoms with E-state index in [-0.39, 0.29) is 5.82 Å². The monoisotopic (exact) mass is 253 g/mol. The number of hydrogen-bond donors (Lipinski definition) is 0. The summed E-state index contributed by atoms with van der Waals surface area (Å²) in [6.07, 6.45) is 1.68. The molecule has 0 N–H and O–H groups in total. The minimum Gasteiger partial charge on any atom is -0.260 e. The van der Waals surface area contributed by atoms with Crippen molar-refractivity contribution in [3.8, 4) is 0 Å². The normalized spacial score (nSPS) is 10.4. The number of thioether (sulfide) groups is 1. The Kier molecular flexibility index (Phi) is 3.80. The zero-order valence-corrected chi connectivity index (χ0v) is 9.93. The van der Waals surface area contributed by atoms with E-state index in [1.807, 2.05) is 6.07 Å². The molecule has 0 radical (unpaired) electrons. The van der Waals surface area contributed by atoms with Crippen LogP contribution in [0.5, 0.6) is 0 Å². The van der Waals surface area contributed by atoms with Crippen molar-refractivity contribution in [2.24, 2.45) is 0 Å². The first-order valence-corrected chi connectivity index (χ1v) is 6.09. The summed E-state index contributed by atoms with van der Waals surface area (Å²) in [7, 11) is 0. The van der Waals surface area contributed by atoms with Crippen molar-refractivity contribution in [3.05, 3.63) is 59.1 Å². The molecule has 0 saturated heterocycles. The fourth-order valence-electron chi connectivity index (χ4n) is 1.22. The summed E-state index contributed by atoms with van der Waals surface area (Å²) in [5.41, 5.74) is 0.918. The van der Waals surface area contributed by atoms with E-state index in [0.29, 0.717) is 5.02 Å². The van der Waals surface area contributed by atoms with Gasteiger partial charge in [-0.2, -0.15) is 0 Å². The van der Waals surface area contributed by atoms with Gasteiger partial charge in [-0.1, -0.05) is 11.6 Å². The molecule has 4 heteroatoms. The summed E-state index contributed by atoms with van der Waals surface area (Å²) in [5, 5.41) is 0.685. The van der Waals surface area contributed by atoms with Gasteiger partial charge < -0.3 is 0 Å². The maximum atomic E-state index is 12.7. The maximum absolute atomic E-state index is 12.7. The second kappa shape index (κ2) is 5.32. The number of hydrogen-bond acceptors (Lipinski definition) is 2. The molecule has 0 bridgehead atoms. The third-order valence-electron chi connectivity index (χ3n) is 1.98. The molecule has 1 nitrogen and oxygen atoms in total. The van der Waals surface area contributed by atoms with Crippen LogP contribution < -0.4 is 0 Å². The van der Waals surface area contributed by atoms with E-state index >= 15 is 0 Å². The predicted molar refractivity (Wildman–Crippen MR) is 65.2 cm³/mol. The van der Waals surface area contributed by atoms with Crippen LogP contribution in [0.15, 0.2) is 47.5 Å². The van der Waals surface area contributed by atoms with Crippen molar-refractivity contribution in [3.63, 3.8) is 0 Å². The molecule has 0 aliphatic rings. The van der Waals surface area contributed by atoms with Gasteiger partial charge in [-0.25, -0.2) is 4.39 Å². The van der Waals surface area contributed by atoms with Crippen LogP contribution in [0, 0.1) is 5.82 Å². The summed E-state index contributed by atoms with van der Waals surface area (Å²) in [5.74, 6) is 0.511. The Balaban J connectivity index is 1.99. The SMILES string of the molecule is Fc1ccc(SCc2cc(Cl)ccn2)cc1. The summed E-state index contributed by atoms with van der Waals surface area (Å²) >= 11 is 7.45. The van der Waals surface area contributed by atoms with Gasteiger partial charge in [0, 0.05) is 21.9 Å². The molecular formula is C12H9ClFNS. The van der Waals surface area contributed by atoms with Crippen molar-refractivity contribution in [1.29, 1.82) is 0 Å². The van der Waals surface area contributed by atoms with E-state index in [4.69, 9.17) is 11.6 Å². The molecule has 2 rings (SSSR count). The van der Waals surface area contributed by atoms with Gasteiger partial charge in [0.25, 0.3) is 0 Å². The van der Waals surface area contributed by atoms with Gasteiger partial charge in [-0.05, 0) is 36.4 Å². The summed E-state index contributed by atoms with van der Waals surface area (Å²) in [6.45, 7) is 0. The van der Waals surface area contributed by atoms with E-state index in [9.17, 15) is 4.39 Å². The van der Waals surface area contributed by atoms with Gasteiger partial charge in [0.15, 0.2) is 0 Å². The first-order valence-electron chi connectivity index (χ1n) is 4.73. The van der Waals surface area contributed by atoms with Crippen molar-refractivity contribution < 1.29 is 4.39 Å². The lowest BCUT2D eigenvalue weighted by molar-refractivity contribution is 0.626. The lowest BCUT2D eigenvalue weighted by Gasteiger charge is -2.01. The Bertz CT molecular complexity index is 473. The molecule has 1 aromatic heterocycles. The average molecular weight is 254 g/mol. The zero-order chi connectivity index (χ0) is 11.4. The Hall–Kier alpha value is -1.06. The van der Waals surface area contributed by atoms with Gasteiger partial charge >= 0.3 is 0 Å². The second-order valence-electron chi connectivity index (χ2n) is 3.21. The number of rotatable bonds is 3. The number of benzene rings is 1. The first-order chi connectivity index (χ1) is 7.74. The summed E-state index contributed by atoms with van der Waals surface area (Å²) in [4.78, 5) is 5.21. The van der Waals surface area contributed by atoms with E-state index < -0.39 is 0 Å². The third kappa shape index (κ3) is 3.22. The van der Waals surface area contributed by atoms with Gasteiger partial charge in [0.05, 0.1) is 5.69 Å². The van der Waals surface area contributed by atoms with Crippen LogP contribution >= 0.6 is 23.4 Å². The average Bonchev–Trinajstić information content (AvgIpc) is 2.28. The molecular weight excluding hydrogens is 245 g/mol. The number of pyridine rings is 1. The van der Waals surface area contributed by atoms with Gasteiger partial charge in [0.1, 0.15) is 5.82 Å². The van der Waals surface area contributed by atoms with Crippen LogP contribution in [0.2, 0.25) is 5.02 Å². The van der Waals surface area contributed by atoms with Crippen molar-refractivity contribution >= 4 is 23.4 Å². The molecule has 0 fully saturated rings. The molecule has 0 saturated carbocycles. The molecule has 0 aliphatic heterocycles. The van der Waals surface area contributed by atoms with E-state index in [1.54, 1.807) is 36.2 Å². The lowest BCUT2D eigenvalue weighted by atomic mass is 10.3. The Morgan fingerprint density at radius 1 is 1.19 bits per heavy atom. The Morgan fingerprint density at radius 3 is 2.62 bits per heavy atom. The minimum atomic E-state index is -0.217. The molecule has 1 heterocycles. The summed E-state index contributed by atoms with van der Waals surface area (Å²) < 4.78 is 12.7. The van der Waals surface area contributed by atoms with E-state index in [2.05, 4.69) is 4.98 Å². The first kappa shape index (κ1) is 11.4. The second-order valence-corrected chi connectivity index (χ2v) is 4.69. The minimum absolute atomic E-state index is 0.217. The lowest BCUT2D eigenvalue weighted by Crippen LogP contribution is -1.85. The van der Waals surface area contributed by atoms with Crippen molar-refractivity contribution in [1.82, 2.24) is 4.98 Å². The van der Waals surface area contributed by atoms with Crippen molar-refractivity contribution in [2.45, 2.75) is 10.6 Å². The van der Waals surface area contributed by atoms with Gasteiger partial charge in [-0.3, -0.25) is 4.98 Å². The molecule has 2 aromatic rings. The van der Waals surface area contributed by atoms with Gasteiger partial charge in [-0.15, -0.1) is 11.8 Å². The fourth-order valence-corrected chi connectivity index (χ4v) is 2.20. The largest absolute Gasteiger partial charge is 0.260 e. The number of nitrogens with zero attached hydrogens (tertiary/aromatic N) is 1. The van der Waals surface area contributed by atoms with Gasteiger partial charge in [0.2, 0.25) is 0 Å². The van der Waals surface area contributed by atoms with Crippen LogP contribution in [0.1, 0.15) is 5.69 Å². The quantitative estimate of drug-likeness (QED) is 0.762. The fraction of sp³-hybridized carbons (Fsp3) is 0.0833. The van der Waals surface area contributed by atoms with E-state index in [0.717, 1.165) is 16.3 Å². The smallest absolute Gasteiger partial charge is 0.123 e. The molecule has 16 heavy (non-hydrogen) atoms. The molecule has 82 valence electrons. The third-order valence-corrected chi connectivity index (χ3v) is 3.26. The molecule has 0 unspecified atom stereocenters. The zero-order valence-electron chi connectivity index (χ0n) is 8.36. The van der Waals surface area contributed by atoms with Crippen LogP contribution in [-0.2, 0) is 5.75 Å². The highest BCUT2D eigenvalue weighted by Gasteiger charge is 1.98. The number of halogens is 2. The van der Waals surface area contributed by atoms with Crippen LogP contribution in [0.3, 0.4) is 0 Å². The molecule has 0 amide bonds. The molecule has 0 atom stereocenters. The number of aromatic nitrogens is 1. The van der Waals surface area contributed by atoms with E-state index in [1.165, 1.54) is 12.1 Å². The molecule has 0 spiro atoms. The maximum Gasteiger partial charge on any atom is 0.123 e. The standard InChI is InChI=1S/C12H9ClFNS/c13-9-5-6-15-11(7-9)8-16-12-3-1-10(14)2-4-12/h1-7H,8H2. The topological polar surface area (TPSA) is 12.9 Å². The van der Waals surface area contributed by atoms with Crippen LogP contribution in [-0.4, -0.2) is 4.98 Å². The molecule has 1 aromatic carbocycles. The van der Waals surface area contributed by atoms with Crippen LogP contribution in [0.25, 0.3) is 0 Å². The molecule has 0 aliphatic carbocycles. The highest BCUT2D eigenvalue weighted by atomic mass is 35.5. The Labute approximate surface area is 103 Å². The Morgan fingerprint density at radius 2 is 1.94 bits per heavy atom. The van der Waals surface area contributed by atoms with Crippen molar-refractivity contribution in [2.75, 3.05) is 0 Å². The highest BCUT2D eigenvalue weighted by Crippen LogP contribution is 2.22. The summed E-state index contributed by atoms with van der Waals surface area (Å²) in [6, 6.07) is 9.99.